The summed E-state index contributed by atoms with van der Waals surface area (Å²) in [6.07, 6.45) is 0.913. The van der Waals surface area contributed by atoms with Gasteiger partial charge in [-0.2, -0.15) is 0 Å². The summed E-state index contributed by atoms with van der Waals surface area (Å²) in [5.41, 5.74) is 0. The van der Waals surface area contributed by atoms with Gasteiger partial charge in [0, 0.05) is 12.5 Å². The van der Waals surface area contributed by atoms with Crippen LogP contribution in [0.25, 0.3) is 0 Å². The maximum atomic E-state index is 5.61. The zero-order valence-electron chi connectivity index (χ0n) is 7.83. The molecule has 2 heteroatoms. The normalized spacial score (nSPS) is 44.7. The summed E-state index contributed by atoms with van der Waals surface area (Å²) >= 11 is 0. The van der Waals surface area contributed by atoms with Crippen molar-refractivity contribution in [2.24, 2.45) is 5.92 Å². The molecule has 2 nitrogen and oxygen atoms in total. The Labute approximate surface area is 68.9 Å². The number of hydrogen-bond acceptors (Lipinski definition) is 2. The molecule has 4 unspecified atom stereocenters. The van der Waals surface area contributed by atoms with Crippen molar-refractivity contribution in [2.75, 3.05) is 6.61 Å². The lowest BCUT2D eigenvalue weighted by molar-refractivity contribution is -0.00888. The molecule has 1 aliphatic heterocycles. The van der Waals surface area contributed by atoms with Gasteiger partial charge in [0.25, 0.3) is 0 Å². The Balaban J connectivity index is 2.49. The minimum absolute atomic E-state index is 0.264. The van der Waals surface area contributed by atoms with Crippen molar-refractivity contribution in [3.8, 4) is 0 Å². The van der Waals surface area contributed by atoms with Gasteiger partial charge in [-0.15, -0.1) is 0 Å². The van der Waals surface area contributed by atoms with Crippen LogP contribution in [0, 0.1) is 5.92 Å². The summed E-state index contributed by atoms with van der Waals surface area (Å²) in [5, 5.41) is 0. The predicted octanol–water partition coefficient (Wildman–Crippen LogP) is 1.83. The van der Waals surface area contributed by atoms with E-state index in [4.69, 9.17) is 9.47 Å². The van der Waals surface area contributed by atoms with Crippen LogP contribution in [0.3, 0.4) is 0 Å². The van der Waals surface area contributed by atoms with Crippen molar-refractivity contribution in [2.45, 2.75) is 46.0 Å². The standard InChI is InChI=1S/C9H18O2/c1-5-10-9-6(2)7(3)11-8(9)4/h6-9H,5H2,1-4H3. The smallest absolute Gasteiger partial charge is 0.0883 e. The van der Waals surface area contributed by atoms with Gasteiger partial charge in [0.15, 0.2) is 0 Å². The maximum Gasteiger partial charge on any atom is 0.0883 e. The van der Waals surface area contributed by atoms with Crippen LogP contribution >= 0.6 is 0 Å². The molecular formula is C9H18O2. The predicted molar refractivity (Wildman–Crippen MR) is 44.6 cm³/mol. The molecule has 0 aromatic rings. The first-order chi connectivity index (χ1) is 5.16. The third kappa shape index (κ3) is 1.74. The van der Waals surface area contributed by atoms with Crippen molar-refractivity contribution >= 4 is 0 Å². The Morgan fingerprint density at radius 3 is 2.18 bits per heavy atom. The Kier molecular flexibility index (Phi) is 2.90. The SMILES string of the molecule is CCOC1C(C)OC(C)C1C. The molecule has 1 fully saturated rings. The van der Waals surface area contributed by atoms with Crippen molar-refractivity contribution < 1.29 is 9.47 Å². The third-order valence-corrected chi connectivity index (χ3v) is 2.51. The zero-order valence-corrected chi connectivity index (χ0v) is 7.83. The Morgan fingerprint density at radius 1 is 1.18 bits per heavy atom. The van der Waals surface area contributed by atoms with E-state index in [1.807, 2.05) is 6.92 Å². The summed E-state index contributed by atoms with van der Waals surface area (Å²) in [7, 11) is 0. The molecule has 4 atom stereocenters. The van der Waals surface area contributed by atoms with Crippen molar-refractivity contribution in [1.29, 1.82) is 0 Å². The molecule has 0 saturated carbocycles. The largest absolute Gasteiger partial charge is 0.375 e. The van der Waals surface area contributed by atoms with E-state index in [1.165, 1.54) is 0 Å². The molecule has 1 aliphatic rings. The molecule has 0 aromatic heterocycles. The van der Waals surface area contributed by atoms with Crippen LogP contribution < -0.4 is 0 Å². The third-order valence-electron chi connectivity index (χ3n) is 2.51. The molecule has 1 heterocycles. The molecule has 0 N–H and O–H groups in total. The van der Waals surface area contributed by atoms with Gasteiger partial charge in [-0.25, -0.2) is 0 Å². The summed E-state index contributed by atoms with van der Waals surface area (Å²) in [6, 6.07) is 0. The fourth-order valence-electron chi connectivity index (χ4n) is 1.71. The average Bonchev–Trinajstić information content (AvgIpc) is 2.17. The van der Waals surface area contributed by atoms with Gasteiger partial charge in [-0.05, 0) is 20.8 Å². The van der Waals surface area contributed by atoms with Gasteiger partial charge in [0.05, 0.1) is 18.3 Å². The lowest BCUT2D eigenvalue weighted by atomic mass is 10.00. The van der Waals surface area contributed by atoms with Crippen molar-refractivity contribution in [3.05, 3.63) is 0 Å². The fraction of sp³-hybridized carbons (Fsp3) is 1.00. The molecule has 0 bridgehead atoms. The van der Waals surface area contributed by atoms with Crippen LogP contribution in [0.5, 0.6) is 0 Å². The van der Waals surface area contributed by atoms with E-state index in [0.717, 1.165) is 6.61 Å². The van der Waals surface area contributed by atoms with E-state index in [1.54, 1.807) is 0 Å². The van der Waals surface area contributed by atoms with Crippen LogP contribution in [0.2, 0.25) is 0 Å². The minimum Gasteiger partial charge on any atom is -0.375 e. The second-order valence-corrected chi connectivity index (χ2v) is 3.33. The van der Waals surface area contributed by atoms with Crippen LogP contribution in [-0.2, 0) is 9.47 Å². The first-order valence-electron chi connectivity index (χ1n) is 4.43. The average molecular weight is 158 g/mol. The van der Waals surface area contributed by atoms with E-state index in [0.29, 0.717) is 18.1 Å². The molecule has 0 spiro atoms. The van der Waals surface area contributed by atoms with Crippen LogP contribution in [0.1, 0.15) is 27.7 Å². The maximum absolute atomic E-state index is 5.61. The summed E-state index contributed by atoms with van der Waals surface area (Å²) in [6.45, 7) is 9.20. The molecule has 0 aromatic carbocycles. The van der Waals surface area contributed by atoms with Crippen LogP contribution in [-0.4, -0.2) is 24.9 Å². The van der Waals surface area contributed by atoms with Gasteiger partial charge >= 0.3 is 0 Å². The minimum atomic E-state index is 0.264. The van der Waals surface area contributed by atoms with Gasteiger partial charge in [0.1, 0.15) is 0 Å². The second kappa shape index (κ2) is 3.55. The highest BCUT2D eigenvalue weighted by Crippen LogP contribution is 2.28. The second-order valence-electron chi connectivity index (χ2n) is 3.33. The lowest BCUT2D eigenvalue weighted by Crippen LogP contribution is -2.26. The Morgan fingerprint density at radius 2 is 1.82 bits per heavy atom. The first kappa shape index (κ1) is 9.01. The monoisotopic (exact) mass is 158 g/mol. The molecule has 66 valence electrons. The highest BCUT2D eigenvalue weighted by atomic mass is 16.6. The number of ether oxygens (including phenoxy) is 2. The van der Waals surface area contributed by atoms with Crippen LogP contribution in [0.15, 0.2) is 0 Å². The van der Waals surface area contributed by atoms with Gasteiger partial charge in [0.2, 0.25) is 0 Å². The summed E-state index contributed by atoms with van der Waals surface area (Å²) in [5.74, 6) is 0.532. The number of hydrogen-bond donors (Lipinski definition) is 0. The molecule has 1 saturated heterocycles. The molecule has 0 amide bonds. The summed E-state index contributed by atoms with van der Waals surface area (Å²) in [4.78, 5) is 0. The highest BCUT2D eigenvalue weighted by molar-refractivity contribution is 4.84. The van der Waals surface area contributed by atoms with E-state index in [2.05, 4.69) is 20.8 Å². The van der Waals surface area contributed by atoms with E-state index < -0.39 is 0 Å². The topological polar surface area (TPSA) is 18.5 Å². The van der Waals surface area contributed by atoms with Crippen molar-refractivity contribution in [3.63, 3.8) is 0 Å². The van der Waals surface area contributed by atoms with Gasteiger partial charge < -0.3 is 9.47 Å². The number of rotatable bonds is 2. The van der Waals surface area contributed by atoms with Crippen molar-refractivity contribution in [1.82, 2.24) is 0 Å². The fourth-order valence-corrected chi connectivity index (χ4v) is 1.71. The zero-order chi connectivity index (χ0) is 8.43. The van der Waals surface area contributed by atoms with Gasteiger partial charge in [-0.3, -0.25) is 0 Å². The molecule has 1 rings (SSSR count). The Hall–Kier alpha value is -0.0800. The first-order valence-corrected chi connectivity index (χ1v) is 4.43. The van der Waals surface area contributed by atoms with Crippen LogP contribution in [0.4, 0.5) is 0 Å². The molecule has 0 aliphatic carbocycles. The highest BCUT2D eigenvalue weighted by Gasteiger charge is 2.37. The lowest BCUT2D eigenvalue weighted by Gasteiger charge is -2.17. The van der Waals surface area contributed by atoms with E-state index in [-0.39, 0.29) is 6.10 Å². The molecular weight excluding hydrogens is 140 g/mol. The van der Waals surface area contributed by atoms with Gasteiger partial charge in [-0.1, -0.05) is 6.92 Å². The summed E-state index contributed by atoms with van der Waals surface area (Å²) < 4.78 is 11.2. The molecule has 0 radical (unpaired) electrons. The quantitative estimate of drug-likeness (QED) is 0.610. The van der Waals surface area contributed by atoms with E-state index in [9.17, 15) is 0 Å². The van der Waals surface area contributed by atoms with E-state index >= 15 is 0 Å². The molecule has 11 heavy (non-hydrogen) atoms. The Bertz CT molecular complexity index is 125.